The number of methoxy groups -OCH3 is 1. The van der Waals surface area contributed by atoms with Gasteiger partial charge in [0.05, 0.1) is 13.5 Å². The third kappa shape index (κ3) is 3.10. The van der Waals surface area contributed by atoms with E-state index in [4.69, 9.17) is 17.3 Å². The van der Waals surface area contributed by atoms with Gasteiger partial charge in [0, 0.05) is 23.9 Å². The third-order valence-corrected chi connectivity index (χ3v) is 2.56. The molecule has 0 radical (unpaired) electrons. The van der Waals surface area contributed by atoms with Crippen LogP contribution < -0.4 is 5.73 Å². The summed E-state index contributed by atoms with van der Waals surface area (Å²) in [6, 6.07) is 0. The van der Waals surface area contributed by atoms with Crippen LogP contribution in [0.3, 0.4) is 0 Å². The van der Waals surface area contributed by atoms with E-state index in [-0.39, 0.29) is 34.8 Å². The molecule has 0 bridgehead atoms. The first-order valence-electron chi connectivity index (χ1n) is 4.72. The van der Waals surface area contributed by atoms with Gasteiger partial charge in [-0.15, -0.1) is 0 Å². The smallest absolute Gasteiger partial charge is 0.310 e. The van der Waals surface area contributed by atoms with E-state index >= 15 is 0 Å². The molecule has 1 rings (SSSR count). The van der Waals surface area contributed by atoms with Crippen LogP contribution in [-0.2, 0) is 22.5 Å². The lowest BCUT2D eigenvalue weighted by atomic mass is 10.0. The number of alkyl halides is 2. The van der Waals surface area contributed by atoms with E-state index in [0.29, 0.717) is 0 Å². The van der Waals surface area contributed by atoms with E-state index in [2.05, 4.69) is 9.72 Å². The molecule has 7 heteroatoms. The number of aromatic nitrogens is 1. The molecule has 4 nitrogen and oxygen atoms in total. The molecular formula is C10H11ClF2N2O2. The molecule has 0 atom stereocenters. The van der Waals surface area contributed by atoms with E-state index in [0.717, 1.165) is 6.20 Å². The number of carbonyl (C=O) groups excluding carboxylic acids is 1. The summed E-state index contributed by atoms with van der Waals surface area (Å²) < 4.78 is 30.2. The molecular weight excluding hydrogens is 254 g/mol. The first kappa shape index (κ1) is 13.8. The van der Waals surface area contributed by atoms with Crippen LogP contribution in [0.5, 0.6) is 0 Å². The first-order chi connectivity index (χ1) is 8.01. The molecule has 0 spiro atoms. The molecule has 0 aliphatic rings. The lowest BCUT2D eigenvalue weighted by molar-refractivity contribution is -0.139. The minimum Gasteiger partial charge on any atom is -0.469 e. The fraction of sp³-hybridized carbons (Fsp3) is 0.400. The van der Waals surface area contributed by atoms with E-state index in [1.807, 2.05) is 0 Å². The number of nitrogens with two attached hydrogens (primary N) is 1. The number of ether oxygens (including phenoxy) is 1. The van der Waals surface area contributed by atoms with Crippen LogP contribution in [0.2, 0.25) is 5.15 Å². The second-order valence-electron chi connectivity index (χ2n) is 3.22. The number of hydrogen-bond donors (Lipinski definition) is 1. The highest BCUT2D eigenvalue weighted by Gasteiger charge is 2.22. The molecule has 1 aromatic heterocycles. The molecule has 1 aromatic rings. The Labute approximate surface area is 102 Å². The maximum atomic E-state index is 12.9. The van der Waals surface area contributed by atoms with Crippen LogP contribution in [0, 0.1) is 0 Å². The van der Waals surface area contributed by atoms with Gasteiger partial charge in [-0.05, 0) is 5.56 Å². The average molecular weight is 265 g/mol. The van der Waals surface area contributed by atoms with Crippen molar-refractivity contribution in [2.24, 2.45) is 5.73 Å². The summed E-state index contributed by atoms with van der Waals surface area (Å²) in [5.74, 6) is -0.626. The number of pyridine rings is 1. The summed E-state index contributed by atoms with van der Waals surface area (Å²) in [5.41, 5.74) is 5.15. The lowest BCUT2D eigenvalue weighted by Crippen LogP contribution is -2.12. The molecule has 0 aliphatic carbocycles. The van der Waals surface area contributed by atoms with Crippen molar-refractivity contribution in [3.8, 4) is 0 Å². The second kappa shape index (κ2) is 5.88. The minimum absolute atomic E-state index is 0.0584. The summed E-state index contributed by atoms with van der Waals surface area (Å²) in [5, 5.41) is -0.0728. The summed E-state index contributed by atoms with van der Waals surface area (Å²) in [6.45, 7) is -0.166. The molecule has 94 valence electrons. The molecule has 0 saturated carbocycles. The highest BCUT2D eigenvalue weighted by molar-refractivity contribution is 6.30. The highest BCUT2D eigenvalue weighted by Crippen LogP contribution is 2.30. The predicted molar refractivity (Wildman–Crippen MR) is 57.8 cm³/mol. The fourth-order valence-electron chi connectivity index (χ4n) is 1.42. The number of rotatable bonds is 4. The molecule has 0 saturated heterocycles. The van der Waals surface area contributed by atoms with Crippen molar-refractivity contribution in [3.05, 3.63) is 28.0 Å². The van der Waals surface area contributed by atoms with Crippen molar-refractivity contribution in [1.29, 1.82) is 0 Å². The Kier molecular flexibility index (Phi) is 4.77. The molecule has 0 aliphatic heterocycles. The van der Waals surface area contributed by atoms with Crippen LogP contribution in [0.25, 0.3) is 0 Å². The normalized spacial score (nSPS) is 10.7. The van der Waals surface area contributed by atoms with Crippen molar-refractivity contribution in [1.82, 2.24) is 4.98 Å². The summed E-state index contributed by atoms with van der Waals surface area (Å²) in [6.07, 6.45) is -1.92. The molecule has 17 heavy (non-hydrogen) atoms. The Hall–Kier alpha value is -1.27. The van der Waals surface area contributed by atoms with Gasteiger partial charge in [0.25, 0.3) is 6.43 Å². The number of nitrogens with zero attached hydrogens (tertiary/aromatic N) is 1. The van der Waals surface area contributed by atoms with Gasteiger partial charge in [-0.2, -0.15) is 0 Å². The Morgan fingerprint density at radius 1 is 1.65 bits per heavy atom. The Morgan fingerprint density at radius 2 is 2.29 bits per heavy atom. The van der Waals surface area contributed by atoms with E-state index in [1.54, 1.807) is 0 Å². The van der Waals surface area contributed by atoms with Crippen LogP contribution in [0.1, 0.15) is 23.1 Å². The molecule has 1 heterocycles. The van der Waals surface area contributed by atoms with Crippen LogP contribution in [0.15, 0.2) is 6.20 Å². The van der Waals surface area contributed by atoms with E-state index < -0.39 is 12.4 Å². The predicted octanol–water partition coefficient (Wildman–Crippen LogP) is 1.85. The molecule has 2 N–H and O–H groups in total. The van der Waals surface area contributed by atoms with Gasteiger partial charge in [-0.1, -0.05) is 11.6 Å². The first-order valence-corrected chi connectivity index (χ1v) is 5.10. The van der Waals surface area contributed by atoms with Gasteiger partial charge in [0.1, 0.15) is 5.15 Å². The Bertz CT molecular complexity index is 427. The van der Waals surface area contributed by atoms with Gasteiger partial charge >= 0.3 is 5.97 Å². The number of esters is 1. The maximum absolute atomic E-state index is 12.9. The van der Waals surface area contributed by atoms with E-state index in [9.17, 15) is 13.6 Å². The van der Waals surface area contributed by atoms with Gasteiger partial charge in [0.15, 0.2) is 0 Å². The second-order valence-corrected chi connectivity index (χ2v) is 3.58. The molecule has 0 amide bonds. The average Bonchev–Trinajstić information content (AvgIpc) is 2.30. The molecule has 0 unspecified atom stereocenters. The summed E-state index contributed by atoms with van der Waals surface area (Å²) in [4.78, 5) is 14.8. The standard InChI is InChI=1S/C10H11ClF2N2O2/c1-17-7(16)2-5-4-15-9(11)6(3-14)8(5)10(12)13/h4,10H,2-3,14H2,1H3. The number of carbonyl (C=O) groups is 1. The topological polar surface area (TPSA) is 65.2 Å². The SMILES string of the molecule is COC(=O)Cc1cnc(Cl)c(CN)c1C(F)F. The van der Waals surface area contributed by atoms with Crippen molar-refractivity contribution in [2.75, 3.05) is 7.11 Å². The number of hydrogen-bond acceptors (Lipinski definition) is 4. The quantitative estimate of drug-likeness (QED) is 0.666. The summed E-state index contributed by atoms with van der Waals surface area (Å²) >= 11 is 5.68. The van der Waals surface area contributed by atoms with Crippen LogP contribution in [-0.4, -0.2) is 18.1 Å². The maximum Gasteiger partial charge on any atom is 0.310 e. The molecule has 0 fully saturated rings. The monoisotopic (exact) mass is 264 g/mol. The third-order valence-electron chi connectivity index (χ3n) is 2.24. The molecule has 0 aromatic carbocycles. The Balaban J connectivity index is 3.25. The fourth-order valence-corrected chi connectivity index (χ4v) is 1.65. The van der Waals surface area contributed by atoms with E-state index in [1.165, 1.54) is 7.11 Å². The van der Waals surface area contributed by atoms with Crippen molar-refractivity contribution >= 4 is 17.6 Å². The largest absolute Gasteiger partial charge is 0.469 e. The minimum atomic E-state index is -2.77. The van der Waals surface area contributed by atoms with Crippen LogP contribution in [0.4, 0.5) is 8.78 Å². The van der Waals surface area contributed by atoms with Gasteiger partial charge < -0.3 is 10.5 Å². The summed E-state index contributed by atoms with van der Waals surface area (Å²) in [7, 11) is 1.18. The van der Waals surface area contributed by atoms with Gasteiger partial charge in [-0.25, -0.2) is 13.8 Å². The lowest BCUT2D eigenvalue weighted by Gasteiger charge is -2.13. The van der Waals surface area contributed by atoms with Crippen molar-refractivity contribution < 1.29 is 18.3 Å². The highest BCUT2D eigenvalue weighted by atomic mass is 35.5. The zero-order valence-corrected chi connectivity index (χ0v) is 9.80. The van der Waals surface area contributed by atoms with Crippen molar-refractivity contribution in [2.45, 2.75) is 19.4 Å². The zero-order chi connectivity index (χ0) is 13.0. The van der Waals surface area contributed by atoms with Gasteiger partial charge in [-0.3, -0.25) is 4.79 Å². The van der Waals surface area contributed by atoms with Crippen molar-refractivity contribution in [3.63, 3.8) is 0 Å². The van der Waals surface area contributed by atoms with Crippen LogP contribution >= 0.6 is 11.6 Å². The zero-order valence-electron chi connectivity index (χ0n) is 9.04. The van der Waals surface area contributed by atoms with Gasteiger partial charge in [0.2, 0.25) is 0 Å². The number of halogens is 3. The Morgan fingerprint density at radius 3 is 2.76 bits per heavy atom.